The Morgan fingerprint density at radius 1 is 1.00 bits per heavy atom. The highest BCUT2D eigenvalue weighted by molar-refractivity contribution is 7.20. The van der Waals surface area contributed by atoms with Crippen molar-refractivity contribution in [3.8, 4) is 0 Å². The van der Waals surface area contributed by atoms with Crippen molar-refractivity contribution >= 4 is 57.2 Å². The van der Waals surface area contributed by atoms with Crippen LogP contribution in [-0.4, -0.2) is 37.6 Å². The van der Waals surface area contributed by atoms with Gasteiger partial charge in [-0.25, -0.2) is 4.79 Å². The lowest BCUT2D eigenvalue weighted by molar-refractivity contribution is -0.125. The molecule has 1 aliphatic rings. The third-order valence-electron chi connectivity index (χ3n) is 4.91. The number of benzene rings is 2. The Hall–Kier alpha value is -3.40. The van der Waals surface area contributed by atoms with E-state index < -0.39 is 18.0 Å². The van der Waals surface area contributed by atoms with E-state index in [0.717, 1.165) is 5.69 Å². The number of anilines is 3. The largest absolute Gasteiger partial charge is 0.370 e. The number of halogens is 1. The molecule has 2 aromatic carbocycles. The van der Waals surface area contributed by atoms with Gasteiger partial charge in [0.2, 0.25) is 0 Å². The normalized spacial score (nSPS) is 14.5. The van der Waals surface area contributed by atoms with E-state index in [1.165, 1.54) is 11.3 Å². The number of morpholine rings is 1. The van der Waals surface area contributed by atoms with E-state index in [9.17, 15) is 14.4 Å². The average Bonchev–Trinajstić information content (AvgIpc) is 3.23. The van der Waals surface area contributed by atoms with Gasteiger partial charge < -0.3 is 20.3 Å². The number of nitrogens with one attached hydrogen (secondary N) is 3. The predicted octanol–water partition coefficient (Wildman–Crippen LogP) is 4.27. The molecule has 33 heavy (non-hydrogen) atoms. The summed E-state index contributed by atoms with van der Waals surface area (Å²) in [4.78, 5) is 39.3. The second-order valence-electron chi connectivity index (χ2n) is 7.18. The molecule has 4 amide bonds. The van der Waals surface area contributed by atoms with Crippen LogP contribution in [0.15, 0.2) is 66.7 Å². The quantitative estimate of drug-likeness (QED) is 0.486. The number of nitrogens with zero attached hydrogens (tertiary/aromatic N) is 1. The summed E-state index contributed by atoms with van der Waals surface area (Å²) in [7, 11) is 0. The number of urea groups is 1. The first-order valence-electron chi connectivity index (χ1n) is 10.2. The molecule has 8 nitrogen and oxygen atoms in total. The molecule has 0 radical (unpaired) electrons. The molecule has 4 rings (SSSR count). The maximum atomic E-state index is 13.1. The first-order chi connectivity index (χ1) is 16.0. The van der Waals surface area contributed by atoms with E-state index >= 15 is 0 Å². The number of ether oxygens (including phenoxy) is 1. The maximum Gasteiger partial charge on any atom is 0.320 e. The van der Waals surface area contributed by atoms with Crippen molar-refractivity contribution in [2.24, 2.45) is 0 Å². The van der Waals surface area contributed by atoms with Crippen LogP contribution in [0.25, 0.3) is 0 Å². The Morgan fingerprint density at radius 3 is 2.42 bits per heavy atom. The summed E-state index contributed by atoms with van der Waals surface area (Å²) in [5.74, 6) is -0.514. The number of hydrogen-bond acceptors (Lipinski definition) is 5. The molecule has 10 heteroatoms. The molecule has 1 aliphatic heterocycles. The number of carbonyl (C=O) groups is 3. The predicted molar refractivity (Wildman–Crippen MR) is 129 cm³/mol. The zero-order chi connectivity index (χ0) is 23.2. The fourth-order valence-electron chi connectivity index (χ4n) is 3.34. The summed E-state index contributed by atoms with van der Waals surface area (Å²) in [6.45, 7) is 1.02. The molecule has 0 bridgehead atoms. The smallest absolute Gasteiger partial charge is 0.320 e. The highest BCUT2D eigenvalue weighted by Gasteiger charge is 2.24. The van der Waals surface area contributed by atoms with Crippen molar-refractivity contribution in [3.63, 3.8) is 0 Å². The van der Waals surface area contributed by atoms with Gasteiger partial charge in [-0.2, -0.15) is 0 Å². The van der Waals surface area contributed by atoms with Crippen LogP contribution >= 0.6 is 22.9 Å². The topological polar surface area (TPSA) is 99.8 Å². The van der Waals surface area contributed by atoms with Gasteiger partial charge in [-0.05, 0) is 42.0 Å². The highest BCUT2D eigenvalue weighted by Crippen LogP contribution is 2.26. The Bertz CT molecular complexity index is 1140. The molecule has 3 N–H and O–H groups in total. The second-order valence-corrected chi connectivity index (χ2v) is 8.90. The van der Waals surface area contributed by atoms with Crippen LogP contribution in [0.1, 0.15) is 11.6 Å². The van der Waals surface area contributed by atoms with Crippen LogP contribution in [0.3, 0.4) is 0 Å². The lowest BCUT2D eigenvalue weighted by atomic mass is 10.1. The lowest BCUT2D eigenvalue weighted by Gasteiger charge is -2.27. The van der Waals surface area contributed by atoms with E-state index in [1.807, 2.05) is 6.07 Å². The standard InChI is InChI=1S/C23H21ClN4O4S/c24-18-10-11-19(33-18)26-23(31)27-21(15-4-2-1-3-5-15)22(30)25-16-6-8-17(9-7-16)28-12-13-32-14-20(28)29/h1-11,21H,12-14H2,(H,25,30)(H2,26,27,31)/t21-/m0/s1. The van der Waals surface area contributed by atoms with Gasteiger partial charge in [0.15, 0.2) is 0 Å². The highest BCUT2D eigenvalue weighted by atomic mass is 35.5. The SMILES string of the molecule is O=C(Nc1ccc(Cl)s1)N[C@H](C(=O)Nc1ccc(N2CCOCC2=O)cc1)c1ccccc1. The van der Waals surface area contributed by atoms with Crippen molar-refractivity contribution < 1.29 is 19.1 Å². The van der Waals surface area contributed by atoms with Crippen LogP contribution < -0.4 is 20.9 Å². The van der Waals surface area contributed by atoms with Crippen LogP contribution in [0, 0.1) is 0 Å². The second kappa shape index (κ2) is 10.5. The summed E-state index contributed by atoms with van der Waals surface area (Å²) in [6.07, 6.45) is 0. The summed E-state index contributed by atoms with van der Waals surface area (Å²) in [6, 6.07) is 17.8. The third kappa shape index (κ3) is 5.89. The summed E-state index contributed by atoms with van der Waals surface area (Å²) < 4.78 is 5.70. The monoisotopic (exact) mass is 484 g/mol. The molecular weight excluding hydrogens is 464 g/mol. The number of amides is 4. The van der Waals surface area contributed by atoms with Gasteiger partial charge in [0.25, 0.3) is 11.8 Å². The molecule has 0 unspecified atom stereocenters. The molecule has 2 heterocycles. The van der Waals surface area contributed by atoms with E-state index in [-0.39, 0.29) is 12.5 Å². The molecule has 1 fully saturated rings. The van der Waals surface area contributed by atoms with Crippen molar-refractivity contribution in [2.45, 2.75) is 6.04 Å². The fourth-order valence-corrected chi connectivity index (χ4v) is 4.27. The minimum Gasteiger partial charge on any atom is -0.370 e. The minimum atomic E-state index is -0.929. The van der Waals surface area contributed by atoms with Gasteiger partial charge in [0.05, 0.1) is 15.9 Å². The Labute approximate surface area is 199 Å². The average molecular weight is 485 g/mol. The number of hydrogen-bond donors (Lipinski definition) is 3. The maximum absolute atomic E-state index is 13.1. The van der Waals surface area contributed by atoms with Crippen LogP contribution in [0.4, 0.5) is 21.2 Å². The van der Waals surface area contributed by atoms with E-state index in [4.69, 9.17) is 16.3 Å². The zero-order valence-electron chi connectivity index (χ0n) is 17.4. The van der Waals surface area contributed by atoms with Gasteiger partial charge in [0.1, 0.15) is 12.6 Å². The molecular formula is C23H21ClN4O4S. The van der Waals surface area contributed by atoms with Gasteiger partial charge in [-0.3, -0.25) is 14.9 Å². The first kappa shape index (κ1) is 22.8. The van der Waals surface area contributed by atoms with Crippen molar-refractivity contribution in [1.29, 1.82) is 0 Å². The van der Waals surface area contributed by atoms with Crippen molar-refractivity contribution in [2.75, 3.05) is 35.3 Å². The molecule has 1 atom stereocenters. The molecule has 0 spiro atoms. The van der Waals surface area contributed by atoms with Gasteiger partial charge >= 0.3 is 6.03 Å². The van der Waals surface area contributed by atoms with Gasteiger partial charge in [0, 0.05) is 17.9 Å². The number of thiophene rings is 1. The number of carbonyl (C=O) groups excluding carboxylic acids is 3. The molecule has 0 aliphatic carbocycles. The minimum absolute atomic E-state index is 0.0582. The molecule has 0 saturated carbocycles. The lowest BCUT2D eigenvalue weighted by Crippen LogP contribution is -2.41. The zero-order valence-corrected chi connectivity index (χ0v) is 19.0. The van der Waals surface area contributed by atoms with Crippen LogP contribution in [0.2, 0.25) is 4.34 Å². The Kier molecular flexibility index (Phi) is 7.23. The van der Waals surface area contributed by atoms with E-state index in [2.05, 4.69) is 16.0 Å². The summed E-state index contributed by atoms with van der Waals surface area (Å²) >= 11 is 7.13. The van der Waals surface area contributed by atoms with E-state index in [0.29, 0.717) is 33.7 Å². The van der Waals surface area contributed by atoms with Crippen molar-refractivity contribution in [1.82, 2.24) is 5.32 Å². The summed E-state index contributed by atoms with van der Waals surface area (Å²) in [5.41, 5.74) is 1.90. The fraction of sp³-hybridized carbons (Fsp3) is 0.174. The van der Waals surface area contributed by atoms with Crippen molar-refractivity contribution in [3.05, 3.63) is 76.6 Å². The van der Waals surface area contributed by atoms with Gasteiger partial charge in [-0.1, -0.05) is 41.9 Å². The van der Waals surface area contributed by atoms with Crippen LogP contribution in [-0.2, 0) is 14.3 Å². The molecule has 1 saturated heterocycles. The number of rotatable bonds is 6. The summed E-state index contributed by atoms with van der Waals surface area (Å²) in [5, 5.41) is 8.80. The molecule has 170 valence electrons. The Balaban J connectivity index is 1.46. The third-order valence-corrected chi connectivity index (χ3v) is 6.06. The molecule has 1 aromatic heterocycles. The van der Waals surface area contributed by atoms with Gasteiger partial charge in [-0.15, -0.1) is 11.3 Å². The Morgan fingerprint density at radius 2 is 1.76 bits per heavy atom. The molecule has 3 aromatic rings. The van der Waals surface area contributed by atoms with E-state index in [1.54, 1.807) is 65.6 Å². The first-order valence-corrected chi connectivity index (χ1v) is 11.4. The van der Waals surface area contributed by atoms with Crippen LogP contribution in [0.5, 0.6) is 0 Å².